The molecule has 0 fully saturated rings. The molecule has 1 aromatic carbocycles. The number of carbonyl (C=O) groups excluding carboxylic acids is 1. The number of aromatic hydroxyl groups is 1. The fourth-order valence-electron chi connectivity index (χ4n) is 1.72. The molecule has 0 aliphatic rings. The lowest BCUT2D eigenvalue weighted by Crippen LogP contribution is -2.13. The van der Waals surface area contributed by atoms with E-state index in [0.29, 0.717) is 28.9 Å². The van der Waals surface area contributed by atoms with Gasteiger partial charge in [0.15, 0.2) is 17.3 Å². The van der Waals surface area contributed by atoms with Crippen LogP contribution in [0.3, 0.4) is 0 Å². The lowest BCUT2D eigenvalue weighted by Gasteiger charge is -2.07. The van der Waals surface area contributed by atoms with Crippen molar-refractivity contribution in [2.45, 2.75) is 12.1 Å². The zero-order chi connectivity index (χ0) is 16.1. The Morgan fingerprint density at radius 1 is 1.45 bits per heavy atom. The fraction of sp³-hybridized carbons (Fsp3) is 0.308. The highest BCUT2D eigenvalue weighted by Gasteiger charge is 2.15. The summed E-state index contributed by atoms with van der Waals surface area (Å²) in [7, 11) is 1.45. The Morgan fingerprint density at radius 3 is 2.91 bits per heavy atom. The number of hydrogen-bond donors (Lipinski definition) is 2. The number of nitrogen functional groups attached to an aromatic ring is 1. The molecular formula is C13H16N4O4S. The van der Waals surface area contributed by atoms with Crippen molar-refractivity contribution < 1.29 is 19.4 Å². The smallest absolute Gasteiger partial charge is 0.316 e. The molecule has 118 valence electrons. The van der Waals surface area contributed by atoms with Crippen LogP contribution in [0.25, 0.3) is 11.4 Å². The molecule has 3 N–H and O–H groups in total. The Labute approximate surface area is 131 Å². The summed E-state index contributed by atoms with van der Waals surface area (Å²) >= 11 is 1.13. The van der Waals surface area contributed by atoms with E-state index in [4.69, 9.17) is 15.3 Å². The number of esters is 1. The molecule has 22 heavy (non-hydrogen) atoms. The third-order valence-corrected chi connectivity index (χ3v) is 3.64. The van der Waals surface area contributed by atoms with Crippen LogP contribution in [0.4, 0.5) is 0 Å². The zero-order valence-corrected chi connectivity index (χ0v) is 13.0. The first-order valence-corrected chi connectivity index (χ1v) is 7.41. The first kappa shape index (κ1) is 16.0. The number of phenols is 1. The van der Waals surface area contributed by atoms with Gasteiger partial charge in [-0.05, 0) is 25.1 Å². The molecule has 0 spiro atoms. The Balaban J connectivity index is 2.18. The summed E-state index contributed by atoms with van der Waals surface area (Å²) in [5.41, 5.74) is 0.632. The molecule has 2 rings (SSSR count). The van der Waals surface area contributed by atoms with E-state index in [1.54, 1.807) is 19.1 Å². The maximum Gasteiger partial charge on any atom is 0.316 e. The maximum atomic E-state index is 11.3. The quantitative estimate of drug-likeness (QED) is 0.460. The van der Waals surface area contributed by atoms with Crippen LogP contribution in [0.15, 0.2) is 23.4 Å². The van der Waals surface area contributed by atoms with Gasteiger partial charge in [0.05, 0.1) is 19.5 Å². The molecule has 0 aliphatic carbocycles. The standard InChI is InChI=1S/C13H16N4O4S/c1-3-21-11(19)7-22-13-16-15-12(17(13)14)8-4-5-9(18)10(6-8)20-2/h4-6,18H,3,7,14H2,1-2H3. The number of nitrogens with zero attached hydrogens (tertiary/aromatic N) is 3. The third-order valence-electron chi connectivity index (χ3n) is 2.73. The van der Waals surface area contributed by atoms with Crippen molar-refractivity contribution in [3.63, 3.8) is 0 Å². The number of nitrogens with two attached hydrogens (primary N) is 1. The van der Waals surface area contributed by atoms with Crippen LogP contribution >= 0.6 is 11.8 Å². The summed E-state index contributed by atoms with van der Waals surface area (Å²) in [6, 6.07) is 4.72. The molecular weight excluding hydrogens is 308 g/mol. The molecule has 8 nitrogen and oxygen atoms in total. The predicted molar refractivity (Wildman–Crippen MR) is 81.2 cm³/mol. The van der Waals surface area contributed by atoms with Gasteiger partial charge in [-0.3, -0.25) is 4.79 Å². The fourth-order valence-corrected chi connectivity index (χ4v) is 2.37. The monoisotopic (exact) mass is 324 g/mol. The molecule has 1 heterocycles. The first-order valence-electron chi connectivity index (χ1n) is 6.43. The highest BCUT2D eigenvalue weighted by atomic mass is 32.2. The van der Waals surface area contributed by atoms with E-state index in [-0.39, 0.29) is 17.5 Å². The van der Waals surface area contributed by atoms with E-state index in [2.05, 4.69) is 10.2 Å². The van der Waals surface area contributed by atoms with Crippen molar-refractivity contribution in [1.29, 1.82) is 0 Å². The molecule has 0 radical (unpaired) electrons. The first-order chi connectivity index (χ1) is 10.6. The van der Waals surface area contributed by atoms with E-state index in [9.17, 15) is 9.90 Å². The molecule has 0 atom stereocenters. The summed E-state index contributed by atoms with van der Waals surface area (Å²) in [6.07, 6.45) is 0. The van der Waals surface area contributed by atoms with Crippen LogP contribution < -0.4 is 10.6 Å². The number of thioether (sulfide) groups is 1. The normalized spacial score (nSPS) is 10.5. The van der Waals surface area contributed by atoms with Gasteiger partial charge < -0.3 is 20.4 Å². The third kappa shape index (κ3) is 3.42. The van der Waals surface area contributed by atoms with Gasteiger partial charge in [-0.15, -0.1) is 10.2 Å². The minimum Gasteiger partial charge on any atom is -0.504 e. The number of carbonyl (C=O) groups is 1. The van der Waals surface area contributed by atoms with Crippen molar-refractivity contribution in [2.24, 2.45) is 0 Å². The van der Waals surface area contributed by atoms with E-state index in [0.717, 1.165) is 11.8 Å². The minimum absolute atomic E-state index is 0.0197. The second kappa shape index (κ2) is 7.03. The number of aromatic nitrogens is 3. The Hall–Kier alpha value is -2.42. The van der Waals surface area contributed by atoms with Gasteiger partial charge in [0.1, 0.15) is 0 Å². The summed E-state index contributed by atoms with van der Waals surface area (Å²) in [5.74, 6) is 6.42. The van der Waals surface area contributed by atoms with Crippen molar-refractivity contribution in [1.82, 2.24) is 14.9 Å². The molecule has 0 saturated heterocycles. The molecule has 0 amide bonds. The minimum atomic E-state index is -0.344. The van der Waals surface area contributed by atoms with Crippen LogP contribution in [-0.4, -0.2) is 45.4 Å². The van der Waals surface area contributed by atoms with Crippen molar-refractivity contribution in [3.05, 3.63) is 18.2 Å². The highest BCUT2D eigenvalue weighted by molar-refractivity contribution is 7.99. The zero-order valence-electron chi connectivity index (χ0n) is 12.1. The van der Waals surface area contributed by atoms with Gasteiger partial charge in [0.25, 0.3) is 0 Å². The predicted octanol–water partition coefficient (Wildman–Crippen LogP) is 1.03. The second-order valence-electron chi connectivity index (χ2n) is 4.16. The number of hydrogen-bond acceptors (Lipinski definition) is 8. The average molecular weight is 324 g/mol. The largest absolute Gasteiger partial charge is 0.504 e. The number of benzene rings is 1. The lowest BCUT2D eigenvalue weighted by atomic mass is 10.2. The van der Waals surface area contributed by atoms with E-state index in [1.807, 2.05) is 0 Å². The lowest BCUT2D eigenvalue weighted by molar-refractivity contribution is -0.139. The van der Waals surface area contributed by atoms with E-state index >= 15 is 0 Å². The molecule has 0 saturated carbocycles. The Bertz CT molecular complexity index is 674. The molecule has 0 aliphatic heterocycles. The van der Waals surface area contributed by atoms with Gasteiger partial charge in [0, 0.05) is 5.56 Å². The molecule has 1 aromatic heterocycles. The molecule has 9 heteroatoms. The van der Waals surface area contributed by atoms with Crippen molar-refractivity contribution >= 4 is 17.7 Å². The van der Waals surface area contributed by atoms with Crippen LogP contribution in [0.1, 0.15) is 6.92 Å². The number of phenolic OH excluding ortho intramolecular Hbond substituents is 1. The SMILES string of the molecule is CCOC(=O)CSc1nnc(-c2ccc(O)c(OC)c2)n1N. The topological polar surface area (TPSA) is 112 Å². The van der Waals surface area contributed by atoms with Crippen LogP contribution in [0, 0.1) is 0 Å². The van der Waals surface area contributed by atoms with Crippen LogP contribution in [-0.2, 0) is 9.53 Å². The Morgan fingerprint density at radius 2 is 2.23 bits per heavy atom. The van der Waals surface area contributed by atoms with E-state index in [1.165, 1.54) is 17.9 Å². The molecule has 0 unspecified atom stereocenters. The highest BCUT2D eigenvalue weighted by Crippen LogP contribution is 2.31. The summed E-state index contributed by atoms with van der Waals surface area (Å²) in [4.78, 5) is 11.3. The van der Waals surface area contributed by atoms with Crippen LogP contribution in [0.5, 0.6) is 11.5 Å². The van der Waals surface area contributed by atoms with Gasteiger partial charge >= 0.3 is 5.97 Å². The number of ether oxygens (including phenoxy) is 2. The summed E-state index contributed by atoms with van der Waals surface area (Å²) in [6.45, 7) is 2.07. The van der Waals surface area contributed by atoms with Gasteiger partial charge in [-0.2, -0.15) is 0 Å². The average Bonchev–Trinajstić information content (AvgIpc) is 2.87. The molecule has 2 aromatic rings. The summed E-state index contributed by atoms with van der Waals surface area (Å²) in [5, 5.41) is 17.9. The van der Waals surface area contributed by atoms with Crippen LogP contribution in [0.2, 0.25) is 0 Å². The maximum absolute atomic E-state index is 11.3. The van der Waals surface area contributed by atoms with Crippen molar-refractivity contribution in [3.8, 4) is 22.9 Å². The molecule has 0 bridgehead atoms. The van der Waals surface area contributed by atoms with Gasteiger partial charge in [-0.1, -0.05) is 11.8 Å². The van der Waals surface area contributed by atoms with Gasteiger partial charge in [-0.25, -0.2) is 4.68 Å². The van der Waals surface area contributed by atoms with Gasteiger partial charge in [0.2, 0.25) is 5.16 Å². The number of rotatable bonds is 6. The van der Waals surface area contributed by atoms with Crippen molar-refractivity contribution in [2.75, 3.05) is 25.3 Å². The number of methoxy groups -OCH3 is 1. The Kier molecular flexibility index (Phi) is 5.10. The van der Waals surface area contributed by atoms with E-state index < -0.39 is 0 Å². The second-order valence-corrected chi connectivity index (χ2v) is 5.10. The summed E-state index contributed by atoms with van der Waals surface area (Å²) < 4.78 is 11.2.